The van der Waals surface area contributed by atoms with E-state index in [1.54, 1.807) is 7.11 Å². The normalized spacial score (nSPS) is 11.1. The molecule has 2 aromatic carbocycles. The Hall–Kier alpha value is -2.88. The molecule has 102 valence electrons. The predicted molar refractivity (Wildman–Crippen MR) is 82.5 cm³/mol. The van der Waals surface area contributed by atoms with Crippen LogP contribution in [0.25, 0.3) is 27.8 Å². The van der Waals surface area contributed by atoms with Crippen LogP contribution in [0.5, 0.6) is 5.75 Å². The third-order valence-electron chi connectivity index (χ3n) is 3.65. The Morgan fingerprint density at radius 1 is 0.905 bits per heavy atom. The SMILES string of the molecule is COc1ccc(-c2nnc3c4ccccc4ccn23)cc1. The number of fused-ring (bicyclic) bond motifs is 3. The van der Waals surface area contributed by atoms with Crippen molar-refractivity contribution in [3.63, 3.8) is 0 Å². The molecule has 0 fully saturated rings. The van der Waals surface area contributed by atoms with Crippen LogP contribution in [0.3, 0.4) is 0 Å². The molecule has 21 heavy (non-hydrogen) atoms. The van der Waals surface area contributed by atoms with Crippen molar-refractivity contribution in [2.75, 3.05) is 7.11 Å². The highest BCUT2D eigenvalue weighted by Gasteiger charge is 2.10. The lowest BCUT2D eigenvalue weighted by Gasteiger charge is -2.04. The molecule has 0 atom stereocenters. The van der Waals surface area contributed by atoms with E-state index in [4.69, 9.17) is 4.74 Å². The van der Waals surface area contributed by atoms with Gasteiger partial charge < -0.3 is 4.74 Å². The van der Waals surface area contributed by atoms with Gasteiger partial charge >= 0.3 is 0 Å². The molecule has 0 bridgehead atoms. The van der Waals surface area contributed by atoms with E-state index in [0.717, 1.165) is 28.2 Å². The average molecular weight is 275 g/mol. The van der Waals surface area contributed by atoms with Crippen LogP contribution in [-0.2, 0) is 0 Å². The average Bonchev–Trinajstić information content (AvgIpc) is 2.99. The first-order chi connectivity index (χ1) is 10.4. The first kappa shape index (κ1) is 11.9. The van der Waals surface area contributed by atoms with Gasteiger partial charge in [0.05, 0.1) is 7.11 Å². The van der Waals surface area contributed by atoms with Crippen LogP contribution in [0.1, 0.15) is 0 Å². The molecule has 0 N–H and O–H groups in total. The molecule has 4 heteroatoms. The van der Waals surface area contributed by atoms with E-state index in [1.165, 1.54) is 5.39 Å². The lowest BCUT2D eigenvalue weighted by Crippen LogP contribution is -1.90. The van der Waals surface area contributed by atoms with Crippen LogP contribution in [0.15, 0.2) is 60.8 Å². The van der Waals surface area contributed by atoms with E-state index in [0.29, 0.717) is 0 Å². The minimum atomic E-state index is 0.832. The summed E-state index contributed by atoms with van der Waals surface area (Å²) >= 11 is 0. The molecule has 0 aliphatic rings. The molecule has 4 nitrogen and oxygen atoms in total. The second kappa shape index (κ2) is 4.59. The number of ether oxygens (including phenoxy) is 1. The number of nitrogens with zero attached hydrogens (tertiary/aromatic N) is 3. The highest BCUT2D eigenvalue weighted by molar-refractivity contribution is 5.94. The predicted octanol–water partition coefficient (Wildman–Crippen LogP) is 3.56. The van der Waals surface area contributed by atoms with Crippen molar-refractivity contribution in [3.05, 3.63) is 60.8 Å². The summed E-state index contributed by atoms with van der Waals surface area (Å²) in [6.07, 6.45) is 2.01. The lowest BCUT2D eigenvalue weighted by molar-refractivity contribution is 0.415. The molecule has 4 aromatic rings. The highest BCUT2D eigenvalue weighted by Crippen LogP contribution is 2.25. The van der Waals surface area contributed by atoms with Gasteiger partial charge in [0, 0.05) is 17.1 Å². The van der Waals surface area contributed by atoms with E-state index < -0.39 is 0 Å². The second-order valence-electron chi connectivity index (χ2n) is 4.85. The van der Waals surface area contributed by atoms with Crippen molar-refractivity contribution in [3.8, 4) is 17.1 Å². The van der Waals surface area contributed by atoms with Crippen molar-refractivity contribution in [2.24, 2.45) is 0 Å². The Balaban J connectivity index is 1.95. The van der Waals surface area contributed by atoms with Gasteiger partial charge in [-0.3, -0.25) is 4.40 Å². The zero-order valence-electron chi connectivity index (χ0n) is 11.5. The maximum Gasteiger partial charge on any atom is 0.168 e. The zero-order valence-corrected chi connectivity index (χ0v) is 11.5. The van der Waals surface area contributed by atoms with Crippen molar-refractivity contribution in [1.29, 1.82) is 0 Å². The van der Waals surface area contributed by atoms with Crippen LogP contribution >= 0.6 is 0 Å². The van der Waals surface area contributed by atoms with Gasteiger partial charge in [0.1, 0.15) is 5.75 Å². The van der Waals surface area contributed by atoms with Crippen molar-refractivity contribution >= 4 is 16.4 Å². The van der Waals surface area contributed by atoms with Crippen LogP contribution in [0.2, 0.25) is 0 Å². The smallest absolute Gasteiger partial charge is 0.168 e. The summed E-state index contributed by atoms with van der Waals surface area (Å²) in [6, 6.07) is 18.1. The van der Waals surface area contributed by atoms with Crippen molar-refractivity contribution in [2.45, 2.75) is 0 Å². The summed E-state index contributed by atoms with van der Waals surface area (Å²) in [4.78, 5) is 0. The maximum atomic E-state index is 5.19. The van der Waals surface area contributed by atoms with Gasteiger partial charge in [-0.25, -0.2) is 0 Å². The van der Waals surface area contributed by atoms with Crippen LogP contribution < -0.4 is 4.74 Å². The van der Waals surface area contributed by atoms with E-state index in [1.807, 2.05) is 47.0 Å². The van der Waals surface area contributed by atoms with Gasteiger partial charge in [0.2, 0.25) is 0 Å². The van der Waals surface area contributed by atoms with E-state index in [2.05, 4.69) is 28.4 Å². The van der Waals surface area contributed by atoms with Gasteiger partial charge in [0.25, 0.3) is 0 Å². The fraction of sp³-hybridized carbons (Fsp3) is 0.0588. The minimum Gasteiger partial charge on any atom is -0.497 e. The first-order valence-corrected chi connectivity index (χ1v) is 6.74. The largest absolute Gasteiger partial charge is 0.497 e. The van der Waals surface area contributed by atoms with Gasteiger partial charge in [-0.15, -0.1) is 10.2 Å². The molecule has 0 amide bonds. The van der Waals surface area contributed by atoms with E-state index >= 15 is 0 Å². The summed E-state index contributed by atoms with van der Waals surface area (Å²) in [5.74, 6) is 1.66. The number of aromatic nitrogens is 3. The molecule has 0 unspecified atom stereocenters. The fourth-order valence-electron chi connectivity index (χ4n) is 2.55. The topological polar surface area (TPSA) is 39.4 Å². The maximum absolute atomic E-state index is 5.19. The zero-order chi connectivity index (χ0) is 14.2. The molecule has 0 radical (unpaired) electrons. The third-order valence-corrected chi connectivity index (χ3v) is 3.65. The Labute approximate surface area is 121 Å². The molecule has 2 heterocycles. The van der Waals surface area contributed by atoms with E-state index in [-0.39, 0.29) is 0 Å². The quantitative estimate of drug-likeness (QED) is 0.561. The Kier molecular flexibility index (Phi) is 2.60. The second-order valence-corrected chi connectivity index (χ2v) is 4.85. The monoisotopic (exact) mass is 275 g/mol. The van der Waals surface area contributed by atoms with Gasteiger partial charge in [-0.05, 0) is 35.7 Å². The first-order valence-electron chi connectivity index (χ1n) is 6.74. The number of hydrogen-bond acceptors (Lipinski definition) is 3. The highest BCUT2D eigenvalue weighted by atomic mass is 16.5. The van der Waals surface area contributed by atoms with Crippen LogP contribution in [0, 0.1) is 0 Å². The van der Waals surface area contributed by atoms with Gasteiger partial charge in [-0.1, -0.05) is 24.3 Å². The van der Waals surface area contributed by atoms with Crippen molar-refractivity contribution < 1.29 is 4.74 Å². The molecule has 0 spiro atoms. The van der Waals surface area contributed by atoms with Gasteiger partial charge in [0.15, 0.2) is 11.5 Å². The Morgan fingerprint density at radius 3 is 2.52 bits per heavy atom. The number of pyridine rings is 1. The summed E-state index contributed by atoms with van der Waals surface area (Å²) < 4.78 is 7.21. The molecule has 0 aliphatic carbocycles. The number of rotatable bonds is 2. The Morgan fingerprint density at radius 2 is 1.71 bits per heavy atom. The lowest BCUT2D eigenvalue weighted by atomic mass is 10.1. The molecule has 0 saturated heterocycles. The standard InChI is InChI=1S/C17H13N3O/c1-21-14-8-6-13(7-9-14)16-18-19-17-15-5-3-2-4-12(15)10-11-20(16)17/h2-11H,1H3. The summed E-state index contributed by atoms with van der Waals surface area (Å²) in [5.41, 5.74) is 1.89. The minimum absolute atomic E-state index is 0.832. The molecule has 2 aromatic heterocycles. The molecular formula is C17H13N3O. The summed E-state index contributed by atoms with van der Waals surface area (Å²) in [7, 11) is 1.66. The fourth-order valence-corrected chi connectivity index (χ4v) is 2.55. The van der Waals surface area contributed by atoms with Crippen LogP contribution in [0.4, 0.5) is 0 Å². The molecular weight excluding hydrogens is 262 g/mol. The van der Waals surface area contributed by atoms with E-state index in [9.17, 15) is 0 Å². The number of benzene rings is 2. The molecule has 0 aliphatic heterocycles. The third kappa shape index (κ3) is 1.84. The number of methoxy groups -OCH3 is 1. The van der Waals surface area contributed by atoms with Crippen LogP contribution in [-0.4, -0.2) is 21.7 Å². The summed E-state index contributed by atoms with van der Waals surface area (Å²) in [6.45, 7) is 0. The molecule has 4 rings (SSSR count). The molecule has 0 saturated carbocycles. The summed E-state index contributed by atoms with van der Waals surface area (Å²) in [5, 5.41) is 11.0. The Bertz CT molecular complexity index is 926. The van der Waals surface area contributed by atoms with Crippen molar-refractivity contribution in [1.82, 2.24) is 14.6 Å². The van der Waals surface area contributed by atoms with Gasteiger partial charge in [-0.2, -0.15) is 0 Å². The number of hydrogen-bond donors (Lipinski definition) is 0.